The second-order valence-corrected chi connectivity index (χ2v) is 5.66. The third-order valence-electron chi connectivity index (χ3n) is 3.49. The number of hydrogen-bond acceptors (Lipinski definition) is 5. The second kappa shape index (κ2) is 9.31. The maximum Gasteiger partial charge on any atom is 0.340 e. The van der Waals surface area contributed by atoms with Crippen molar-refractivity contribution in [3.8, 4) is 0 Å². The van der Waals surface area contributed by atoms with Crippen LogP contribution in [0.2, 0.25) is 0 Å². The number of amides is 2. The zero-order valence-corrected chi connectivity index (χ0v) is 14.7. The molecular weight excluding hydrogens is 334 g/mol. The molecule has 0 radical (unpaired) electrons. The molecule has 0 aliphatic rings. The number of benzene rings is 1. The van der Waals surface area contributed by atoms with Gasteiger partial charge in [-0.25, -0.2) is 9.78 Å². The van der Waals surface area contributed by atoms with Gasteiger partial charge in [-0.2, -0.15) is 0 Å². The van der Waals surface area contributed by atoms with Gasteiger partial charge in [0.1, 0.15) is 5.82 Å². The van der Waals surface area contributed by atoms with Gasteiger partial charge in [0.15, 0.2) is 0 Å². The summed E-state index contributed by atoms with van der Waals surface area (Å²) in [5.41, 5.74) is 1.31. The first kappa shape index (κ1) is 19.1. The monoisotopic (exact) mass is 355 g/mol. The van der Waals surface area contributed by atoms with Gasteiger partial charge in [0.2, 0.25) is 0 Å². The van der Waals surface area contributed by atoms with Crippen molar-refractivity contribution in [2.45, 2.75) is 26.7 Å². The molecular formula is C19H21N3O4. The fourth-order valence-corrected chi connectivity index (χ4v) is 2.11. The highest BCUT2D eigenvalue weighted by molar-refractivity contribution is 6.43. The molecule has 0 fully saturated rings. The van der Waals surface area contributed by atoms with E-state index in [9.17, 15) is 14.4 Å². The number of hydrogen-bond donors (Lipinski definition) is 2. The molecule has 0 atom stereocenters. The summed E-state index contributed by atoms with van der Waals surface area (Å²) < 4.78 is 5.16. The Hall–Kier alpha value is -3.22. The van der Waals surface area contributed by atoms with Gasteiger partial charge >= 0.3 is 17.8 Å². The molecule has 136 valence electrons. The Morgan fingerprint density at radius 2 is 1.81 bits per heavy atom. The Labute approximate surface area is 151 Å². The molecule has 2 amide bonds. The SMILES string of the molecule is CCCCOC(=O)c1ccccc1NC(=O)C(=O)Nc1cc(C)ccn1. The predicted octanol–water partition coefficient (Wildman–Crippen LogP) is 2.92. The van der Waals surface area contributed by atoms with Crippen molar-refractivity contribution < 1.29 is 19.1 Å². The lowest BCUT2D eigenvalue weighted by atomic mass is 10.1. The number of aryl methyl sites for hydroxylation is 1. The van der Waals surface area contributed by atoms with E-state index >= 15 is 0 Å². The third-order valence-corrected chi connectivity index (χ3v) is 3.49. The minimum absolute atomic E-state index is 0.193. The molecule has 0 unspecified atom stereocenters. The number of unbranched alkanes of at least 4 members (excludes halogenated alkanes) is 1. The molecule has 0 saturated heterocycles. The van der Waals surface area contributed by atoms with Gasteiger partial charge in [-0.1, -0.05) is 25.5 Å². The lowest BCUT2D eigenvalue weighted by molar-refractivity contribution is -0.133. The van der Waals surface area contributed by atoms with Gasteiger partial charge in [0.25, 0.3) is 0 Å². The second-order valence-electron chi connectivity index (χ2n) is 5.66. The first-order chi connectivity index (χ1) is 12.5. The molecule has 2 N–H and O–H groups in total. The molecule has 1 aromatic heterocycles. The van der Waals surface area contributed by atoms with Crippen molar-refractivity contribution in [3.63, 3.8) is 0 Å². The molecule has 0 aliphatic heterocycles. The quantitative estimate of drug-likeness (QED) is 0.472. The number of rotatable bonds is 6. The number of carbonyl (C=O) groups excluding carboxylic acids is 3. The highest BCUT2D eigenvalue weighted by Gasteiger charge is 2.19. The van der Waals surface area contributed by atoms with Crippen LogP contribution in [0.3, 0.4) is 0 Å². The normalized spacial score (nSPS) is 10.1. The molecule has 1 aromatic carbocycles. The molecule has 0 aliphatic carbocycles. The Morgan fingerprint density at radius 1 is 1.08 bits per heavy atom. The minimum atomic E-state index is -0.901. The topological polar surface area (TPSA) is 97.4 Å². The molecule has 1 heterocycles. The average molecular weight is 355 g/mol. The smallest absolute Gasteiger partial charge is 0.340 e. The van der Waals surface area contributed by atoms with E-state index in [2.05, 4.69) is 15.6 Å². The first-order valence-electron chi connectivity index (χ1n) is 8.32. The summed E-state index contributed by atoms with van der Waals surface area (Å²) in [6.07, 6.45) is 3.19. The minimum Gasteiger partial charge on any atom is -0.462 e. The zero-order valence-electron chi connectivity index (χ0n) is 14.7. The van der Waals surface area contributed by atoms with Gasteiger partial charge in [0.05, 0.1) is 17.9 Å². The fraction of sp³-hybridized carbons (Fsp3) is 0.263. The molecule has 0 bridgehead atoms. The summed E-state index contributed by atoms with van der Waals surface area (Å²) in [5.74, 6) is -2.05. The zero-order chi connectivity index (χ0) is 18.9. The van der Waals surface area contributed by atoms with E-state index in [-0.39, 0.29) is 17.1 Å². The summed E-state index contributed by atoms with van der Waals surface area (Å²) in [7, 11) is 0. The van der Waals surface area contributed by atoms with Crippen molar-refractivity contribution in [2.24, 2.45) is 0 Å². The van der Waals surface area contributed by atoms with Gasteiger partial charge in [-0.3, -0.25) is 9.59 Å². The van der Waals surface area contributed by atoms with Crippen molar-refractivity contribution in [3.05, 3.63) is 53.7 Å². The van der Waals surface area contributed by atoms with Crippen LogP contribution in [0.5, 0.6) is 0 Å². The van der Waals surface area contributed by atoms with Crippen LogP contribution >= 0.6 is 0 Å². The largest absolute Gasteiger partial charge is 0.462 e. The Kier molecular flexibility index (Phi) is 6.84. The summed E-state index contributed by atoms with van der Waals surface area (Å²) in [5, 5.41) is 4.85. The van der Waals surface area contributed by atoms with Crippen LogP contribution in [0.1, 0.15) is 35.7 Å². The number of anilines is 2. The number of esters is 1. The third kappa shape index (κ3) is 5.41. The van der Waals surface area contributed by atoms with E-state index in [4.69, 9.17) is 4.74 Å². The van der Waals surface area contributed by atoms with E-state index < -0.39 is 17.8 Å². The number of ether oxygens (including phenoxy) is 1. The summed E-state index contributed by atoms with van der Waals surface area (Å²) >= 11 is 0. The van der Waals surface area contributed by atoms with Gasteiger partial charge in [-0.05, 0) is 43.2 Å². The van der Waals surface area contributed by atoms with Crippen molar-refractivity contribution in [1.29, 1.82) is 0 Å². The molecule has 0 spiro atoms. The molecule has 7 nitrogen and oxygen atoms in total. The first-order valence-corrected chi connectivity index (χ1v) is 8.32. The number of pyridine rings is 1. The Bertz CT molecular complexity index is 805. The van der Waals surface area contributed by atoms with E-state index in [1.807, 2.05) is 13.8 Å². The van der Waals surface area contributed by atoms with Crippen LogP contribution in [-0.4, -0.2) is 29.4 Å². The number of nitrogens with zero attached hydrogens (tertiary/aromatic N) is 1. The number of para-hydroxylation sites is 1. The average Bonchev–Trinajstić information content (AvgIpc) is 2.62. The van der Waals surface area contributed by atoms with E-state index in [0.29, 0.717) is 6.61 Å². The van der Waals surface area contributed by atoms with Crippen molar-refractivity contribution in [1.82, 2.24) is 4.98 Å². The van der Waals surface area contributed by atoms with Crippen LogP contribution in [0, 0.1) is 6.92 Å². The number of nitrogens with one attached hydrogen (secondary N) is 2. The lowest BCUT2D eigenvalue weighted by Gasteiger charge is -2.11. The predicted molar refractivity (Wildman–Crippen MR) is 97.9 cm³/mol. The van der Waals surface area contributed by atoms with Gasteiger partial charge in [0, 0.05) is 6.20 Å². The Morgan fingerprint density at radius 3 is 2.54 bits per heavy atom. The summed E-state index contributed by atoms with van der Waals surface area (Å²) in [6, 6.07) is 9.79. The van der Waals surface area contributed by atoms with E-state index in [1.54, 1.807) is 24.3 Å². The Balaban J connectivity index is 2.04. The van der Waals surface area contributed by atoms with Crippen LogP contribution in [-0.2, 0) is 14.3 Å². The van der Waals surface area contributed by atoms with Crippen LogP contribution in [0.25, 0.3) is 0 Å². The van der Waals surface area contributed by atoms with Crippen molar-refractivity contribution >= 4 is 29.3 Å². The standard InChI is InChI=1S/C19H21N3O4/c1-3-4-11-26-19(25)14-7-5-6-8-15(14)21-17(23)18(24)22-16-12-13(2)9-10-20-16/h5-10,12H,3-4,11H2,1-2H3,(H,21,23)(H,20,22,24). The molecule has 2 rings (SSSR count). The summed E-state index contributed by atoms with van der Waals surface area (Å²) in [6.45, 7) is 4.14. The maximum absolute atomic E-state index is 12.1. The number of aromatic nitrogens is 1. The van der Waals surface area contributed by atoms with Crippen molar-refractivity contribution in [2.75, 3.05) is 17.2 Å². The van der Waals surface area contributed by atoms with Gasteiger partial charge < -0.3 is 15.4 Å². The highest BCUT2D eigenvalue weighted by Crippen LogP contribution is 2.16. The fourth-order valence-electron chi connectivity index (χ4n) is 2.11. The van der Waals surface area contributed by atoms with E-state index in [0.717, 1.165) is 18.4 Å². The highest BCUT2D eigenvalue weighted by atomic mass is 16.5. The van der Waals surface area contributed by atoms with Crippen LogP contribution in [0.15, 0.2) is 42.6 Å². The molecule has 26 heavy (non-hydrogen) atoms. The molecule has 7 heteroatoms. The van der Waals surface area contributed by atoms with Crippen LogP contribution in [0.4, 0.5) is 11.5 Å². The molecule has 2 aromatic rings. The maximum atomic E-state index is 12.1. The molecule has 0 saturated carbocycles. The summed E-state index contributed by atoms with van der Waals surface area (Å²) in [4.78, 5) is 40.3. The number of carbonyl (C=O) groups is 3. The van der Waals surface area contributed by atoms with Crippen LogP contribution < -0.4 is 10.6 Å². The van der Waals surface area contributed by atoms with Gasteiger partial charge in [-0.15, -0.1) is 0 Å². The van der Waals surface area contributed by atoms with E-state index in [1.165, 1.54) is 18.3 Å². The lowest BCUT2D eigenvalue weighted by Crippen LogP contribution is -2.30.